The maximum atomic E-state index is 16.0. The van der Waals surface area contributed by atoms with E-state index >= 15 is 14.4 Å². The molecular formula is C40H26Cl2N2O6. The van der Waals surface area contributed by atoms with Crippen molar-refractivity contribution < 1.29 is 24.0 Å². The van der Waals surface area contributed by atoms with Crippen molar-refractivity contribution in [1.29, 1.82) is 0 Å². The van der Waals surface area contributed by atoms with Gasteiger partial charge in [0.1, 0.15) is 11.4 Å². The Hall–Kier alpha value is -5.57. The van der Waals surface area contributed by atoms with E-state index in [0.29, 0.717) is 43.4 Å². The zero-order valence-electron chi connectivity index (χ0n) is 26.4. The number of nitro benzene ring substituents is 1. The van der Waals surface area contributed by atoms with Crippen LogP contribution in [0.4, 0.5) is 11.4 Å². The van der Waals surface area contributed by atoms with E-state index in [4.69, 9.17) is 27.9 Å². The predicted octanol–water partition coefficient (Wildman–Crippen LogP) is 8.10. The standard InChI is InChI=1S/C40H26Cl2N2O6/c1-50-29-20-21-30(31(22-29)44(48)49)43-36(45)34-35(37(43)46)40(26-14-18-28(42)19-15-26)33(24-10-6-3-7-11-24)32(23-8-4-2-5-9-23)39(34,38(40)47)25-12-16-27(41)17-13-25/h2-22,34-35H,1H3/t34-,35-,39-,40-/m0/s1. The third-order valence-corrected chi connectivity index (χ3v) is 10.8. The Morgan fingerprint density at radius 2 is 1.10 bits per heavy atom. The van der Waals surface area contributed by atoms with Crippen LogP contribution in [0.3, 0.4) is 0 Å². The lowest BCUT2D eigenvalue weighted by Crippen LogP contribution is -2.45. The van der Waals surface area contributed by atoms with Gasteiger partial charge in [0.15, 0.2) is 5.78 Å². The highest BCUT2D eigenvalue weighted by Crippen LogP contribution is 2.74. The summed E-state index contributed by atoms with van der Waals surface area (Å²) in [5.74, 6) is -4.13. The second kappa shape index (κ2) is 11.5. The van der Waals surface area contributed by atoms with E-state index in [1.54, 1.807) is 48.5 Å². The number of fused-ring (bicyclic) bond motifs is 5. The van der Waals surface area contributed by atoms with Gasteiger partial charge in [-0.05, 0) is 69.8 Å². The molecule has 246 valence electrons. The van der Waals surface area contributed by atoms with Crippen LogP contribution in [0.1, 0.15) is 22.3 Å². The molecule has 5 aromatic carbocycles. The predicted molar refractivity (Wildman–Crippen MR) is 190 cm³/mol. The van der Waals surface area contributed by atoms with E-state index in [9.17, 15) is 10.1 Å². The number of nitro groups is 1. The minimum Gasteiger partial charge on any atom is -0.496 e. The molecule has 2 fully saturated rings. The van der Waals surface area contributed by atoms with Crippen molar-refractivity contribution >= 4 is 63.3 Å². The molecule has 1 aliphatic heterocycles. The minimum absolute atomic E-state index is 0.185. The van der Waals surface area contributed by atoms with Crippen molar-refractivity contribution in [3.05, 3.63) is 170 Å². The third kappa shape index (κ3) is 4.09. The smallest absolute Gasteiger partial charge is 0.297 e. The molecule has 10 heteroatoms. The Kier molecular flexibility index (Phi) is 7.29. The fourth-order valence-electron chi connectivity index (χ4n) is 8.56. The van der Waals surface area contributed by atoms with Crippen LogP contribution in [0.2, 0.25) is 10.0 Å². The number of allylic oxidation sites excluding steroid dienone is 2. The zero-order chi connectivity index (χ0) is 34.9. The molecule has 5 aromatic rings. The maximum absolute atomic E-state index is 16.0. The number of rotatable bonds is 7. The van der Waals surface area contributed by atoms with Gasteiger partial charge in [0.05, 0.1) is 40.8 Å². The minimum atomic E-state index is -1.70. The number of imide groups is 1. The normalized spacial score (nSPS) is 23.8. The average molecular weight is 702 g/mol. The first-order chi connectivity index (χ1) is 24.2. The largest absolute Gasteiger partial charge is 0.496 e. The van der Waals surface area contributed by atoms with E-state index in [-0.39, 0.29) is 17.2 Å². The SMILES string of the molecule is COc1ccc(N2C(=O)[C@@H]3[C@@H](C2=O)[C@@]2(c4ccc(Cl)cc4)C(=O)[C@@]3(c3ccc(Cl)cc3)C(c3ccccc3)=C2c2ccccc2)c([N+](=O)[O-])c1. The first-order valence-electron chi connectivity index (χ1n) is 15.8. The van der Waals surface area contributed by atoms with Gasteiger partial charge < -0.3 is 4.74 Å². The molecule has 1 heterocycles. The molecule has 50 heavy (non-hydrogen) atoms. The van der Waals surface area contributed by atoms with E-state index in [2.05, 4.69) is 0 Å². The Morgan fingerprint density at radius 1 is 0.660 bits per heavy atom. The molecule has 4 atom stereocenters. The lowest BCUT2D eigenvalue weighted by atomic mass is 9.59. The van der Waals surface area contributed by atoms with Crippen LogP contribution in [0.5, 0.6) is 5.75 Å². The van der Waals surface area contributed by atoms with E-state index in [1.807, 2.05) is 60.7 Å². The van der Waals surface area contributed by atoms with Crippen molar-refractivity contribution in [2.24, 2.45) is 11.8 Å². The number of benzene rings is 5. The van der Waals surface area contributed by atoms with Gasteiger partial charge in [0.25, 0.3) is 5.69 Å². The van der Waals surface area contributed by atoms with Gasteiger partial charge in [-0.15, -0.1) is 0 Å². The molecule has 0 radical (unpaired) electrons. The number of carbonyl (C=O) groups is 3. The first-order valence-corrected chi connectivity index (χ1v) is 16.6. The summed E-state index contributed by atoms with van der Waals surface area (Å²) in [7, 11) is 1.37. The van der Waals surface area contributed by atoms with Crippen LogP contribution in [0, 0.1) is 22.0 Å². The molecule has 8 nitrogen and oxygen atoms in total. The second-order valence-corrected chi connectivity index (χ2v) is 13.4. The van der Waals surface area contributed by atoms with Crippen molar-refractivity contribution in [2.75, 3.05) is 12.0 Å². The second-order valence-electron chi connectivity index (χ2n) is 12.5. The lowest BCUT2D eigenvalue weighted by Gasteiger charge is -2.39. The van der Waals surface area contributed by atoms with Crippen LogP contribution in [-0.4, -0.2) is 29.6 Å². The van der Waals surface area contributed by atoms with Gasteiger partial charge >= 0.3 is 0 Å². The monoisotopic (exact) mass is 700 g/mol. The van der Waals surface area contributed by atoms with Crippen LogP contribution >= 0.6 is 23.2 Å². The quantitative estimate of drug-likeness (QED) is 0.0965. The first kappa shape index (κ1) is 31.7. The van der Waals surface area contributed by atoms with Gasteiger partial charge in [-0.1, -0.05) is 108 Å². The van der Waals surface area contributed by atoms with Crippen LogP contribution in [0.15, 0.2) is 127 Å². The number of methoxy groups -OCH3 is 1. The van der Waals surface area contributed by atoms with Crippen molar-refractivity contribution in [3.63, 3.8) is 0 Å². The van der Waals surface area contributed by atoms with Crippen LogP contribution < -0.4 is 9.64 Å². The number of ketones is 1. The van der Waals surface area contributed by atoms with Gasteiger partial charge in [0, 0.05) is 10.0 Å². The fraction of sp³-hybridized carbons (Fsp3) is 0.125. The van der Waals surface area contributed by atoms with Crippen molar-refractivity contribution in [1.82, 2.24) is 0 Å². The van der Waals surface area contributed by atoms with Gasteiger partial charge in [-0.25, -0.2) is 4.90 Å². The summed E-state index contributed by atoms with van der Waals surface area (Å²) < 4.78 is 5.24. The summed E-state index contributed by atoms with van der Waals surface area (Å²) >= 11 is 12.8. The topological polar surface area (TPSA) is 107 Å². The number of Topliss-reactive ketones (excluding diaryl/α,β-unsaturated/α-hetero) is 1. The lowest BCUT2D eigenvalue weighted by molar-refractivity contribution is -0.384. The van der Waals surface area contributed by atoms with Crippen LogP contribution in [0.25, 0.3) is 11.1 Å². The molecule has 1 saturated carbocycles. The Morgan fingerprint density at radius 3 is 1.50 bits per heavy atom. The molecule has 0 unspecified atom stereocenters. The average Bonchev–Trinajstić information content (AvgIpc) is 3.64. The van der Waals surface area contributed by atoms with E-state index < -0.39 is 45.1 Å². The van der Waals surface area contributed by atoms with Crippen molar-refractivity contribution in [3.8, 4) is 5.75 Å². The molecule has 0 spiro atoms. The molecule has 0 aromatic heterocycles. The van der Waals surface area contributed by atoms with Gasteiger partial charge in [0.2, 0.25) is 11.8 Å². The summed E-state index contributed by atoms with van der Waals surface area (Å²) in [5, 5.41) is 13.3. The molecule has 1 saturated heterocycles. The molecule has 2 aliphatic carbocycles. The number of carbonyl (C=O) groups excluding carboxylic acids is 3. The van der Waals surface area contributed by atoms with E-state index in [0.717, 1.165) is 4.90 Å². The van der Waals surface area contributed by atoms with Crippen LogP contribution in [-0.2, 0) is 25.2 Å². The number of nitrogens with zero attached hydrogens (tertiary/aromatic N) is 2. The zero-order valence-corrected chi connectivity index (χ0v) is 27.9. The molecular weight excluding hydrogens is 675 g/mol. The maximum Gasteiger partial charge on any atom is 0.297 e. The van der Waals surface area contributed by atoms with Gasteiger partial charge in [-0.2, -0.15) is 0 Å². The number of ether oxygens (including phenoxy) is 1. The summed E-state index contributed by atoms with van der Waals surface area (Å²) in [4.78, 5) is 59.0. The molecule has 3 aliphatic rings. The number of anilines is 1. The summed E-state index contributed by atoms with van der Waals surface area (Å²) in [6.07, 6.45) is 0. The molecule has 2 amide bonds. The van der Waals surface area contributed by atoms with E-state index in [1.165, 1.54) is 25.3 Å². The molecule has 2 bridgehead atoms. The third-order valence-electron chi connectivity index (χ3n) is 10.3. The number of halogens is 2. The highest BCUT2D eigenvalue weighted by atomic mass is 35.5. The van der Waals surface area contributed by atoms with Crippen molar-refractivity contribution in [2.45, 2.75) is 10.8 Å². The highest BCUT2D eigenvalue weighted by Gasteiger charge is 2.83. The summed E-state index contributed by atoms with van der Waals surface area (Å²) in [5.41, 5.74) is -0.577. The number of hydrogen-bond donors (Lipinski definition) is 0. The Balaban J connectivity index is 1.54. The highest BCUT2D eigenvalue weighted by molar-refractivity contribution is 6.39. The number of amides is 2. The van der Waals surface area contributed by atoms with Gasteiger partial charge in [-0.3, -0.25) is 24.5 Å². The Bertz CT molecular complexity index is 2150. The molecule has 0 N–H and O–H groups in total. The summed E-state index contributed by atoms with van der Waals surface area (Å²) in [6, 6.07) is 36.2. The summed E-state index contributed by atoms with van der Waals surface area (Å²) in [6.45, 7) is 0. The molecule has 8 rings (SSSR count). The Labute approximate surface area is 296 Å². The number of hydrogen-bond acceptors (Lipinski definition) is 6. The fourth-order valence-corrected chi connectivity index (χ4v) is 8.81.